The lowest BCUT2D eigenvalue weighted by atomic mass is 9.91. The summed E-state index contributed by atoms with van der Waals surface area (Å²) in [5.74, 6) is 0. The molecule has 0 amide bonds. The van der Waals surface area contributed by atoms with Gasteiger partial charge in [0.2, 0.25) is 0 Å². The minimum atomic E-state index is -2.69. The van der Waals surface area contributed by atoms with Gasteiger partial charge >= 0.3 is 8.97 Å². The second-order valence-electron chi connectivity index (χ2n) is 6.13. The Kier molecular flexibility index (Phi) is 6.48. The van der Waals surface area contributed by atoms with Crippen LogP contribution in [0.1, 0.15) is 64.2 Å². The van der Waals surface area contributed by atoms with Crippen LogP contribution in [0.4, 0.5) is 0 Å². The molecule has 0 N–H and O–H groups in total. The fourth-order valence-corrected chi connectivity index (χ4v) is 6.57. The van der Waals surface area contributed by atoms with Crippen LogP contribution in [0, 0.1) is 0 Å². The molecular weight excluding hydrogens is 270 g/mol. The summed E-state index contributed by atoms with van der Waals surface area (Å²) in [6, 6.07) is 1.16. The molecule has 0 aromatic carbocycles. The van der Waals surface area contributed by atoms with Crippen molar-refractivity contribution in [3.8, 4) is 0 Å². The zero-order valence-corrected chi connectivity index (χ0v) is 14.4. The summed E-state index contributed by atoms with van der Waals surface area (Å²) >= 11 is 0. The molecule has 2 saturated carbocycles. The predicted molar refractivity (Wildman–Crippen MR) is 82.4 cm³/mol. The molecule has 0 bridgehead atoms. The maximum atomic E-state index is 5.83. The smallest absolute Gasteiger partial charge is 0.364 e. The molecule has 5 heteroatoms. The molecule has 0 aliphatic heterocycles. The molecule has 2 fully saturated rings. The highest BCUT2D eigenvalue weighted by atomic mass is 28.4. The summed E-state index contributed by atoms with van der Waals surface area (Å²) in [5.41, 5.74) is 0. The Bertz CT molecular complexity index is 248. The first kappa shape index (κ1) is 16.4. The minimum Gasteiger partial charge on any atom is -0.364 e. The van der Waals surface area contributed by atoms with E-state index in [0.29, 0.717) is 12.1 Å². The average Bonchev–Trinajstić information content (AvgIpc) is 2.54. The number of hydrogen-bond donors (Lipinski definition) is 0. The molecule has 2 aliphatic rings. The Morgan fingerprint density at radius 3 is 1.30 bits per heavy atom. The molecule has 2 aliphatic carbocycles. The summed E-state index contributed by atoms with van der Waals surface area (Å²) in [5, 5.41) is 0. The van der Waals surface area contributed by atoms with E-state index in [9.17, 15) is 0 Å². The molecule has 2 rings (SSSR count). The van der Waals surface area contributed by atoms with Gasteiger partial charge in [0.25, 0.3) is 0 Å². The van der Waals surface area contributed by atoms with E-state index in [1.807, 2.05) is 0 Å². The second kappa shape index (κ2) is 7.89. The van der Waals surface area contributed by atoms with E-state index >= 15 is 0 Å². The molecule has 0 aromatic rings. The normalized spacial score (nSPS) is 23.4. The highest BCUT2D eigenvalue weighted by Crippen LogP contribution is 2.34. The summed E-state index contributed by atoms with van der Waals surface area (Å²) < 4.78 is 20.0. The number of rotatable bonds is 6. The van der Waals surface area contributed by atoms with Crippen LogP contribution in [0.25, 0.3) is 0 Å². The lowest BCUT2D eigenvalue weighted by molar-refractivity contribution is 0.00676. The average molecular weight is 302 g/mol. The van der Waals surface area contributed by atoms with Gasteiger partial charge in [-0.25, -0.2) is 0 Å². The third-order valence-electron chi connectivity index (χ3n) is 5.03. The molecule has 0 spiro atoms. The maximum absolute atomic E-state index is 5.83. The van der Waals surface area contributed by atoms with Gasteiger partial charge in [-0.1, -0.05) is 38.5 Å². The third kappa shape index (κ3) is 3.44. The molecule has 118 valence electrons. The van der Waals surface area contributed by atoms with E-state index < -0.39 is 8.97 Å². The SMILES string of the molecule is CO[Si](OC)(OC)N(C1CCCCC1)C1CCCCC1. The van der Waals surface area contributed by atoms with Gasteiger partial charge < -0.3 is 13.3 Å². The van der Waals surface area contributed by atoms with Crippen molar-refractivity contribution >= 4 is 8.97 Å². The topological polar surface area (TPSA) is 30.9 Å². The summed E-state index contributed by atoms with van der Waals surface area (Å²) in [7, 11) is 2.56. The zero-order chi connectivity index (χ0) is 14.4. The third-order valence-corrected chi connectivity index (χ3v) is 7.94. The van der Waals surface area contributed by atoms with Gasteiger partial charge in [-0.3, -0.25) is 4.57 Å². The fraction of sp³-hybridized carbons (Fsp3) is 1.00. The van der Waals surface area contributed by atoms with Crippen molar-refractivity contribution < 1.29 is 13.3 Å². The van der Waals surface area contributed by atoms with Crippen molar-refractivity contribution in [1.82, 2.24) is 4.57 Å². The van der Waals surface area contributed by atoms with Crippen LogP contribution in [0.3, 0.4) is 0 Å². The molecule has 0 atom stereocenters. The maximum Gasteiger partial charge on any atom is 0.599 e. The molecule has 0 radical (unpaired) electrons. The van der Waals surface area contributed by atoms with Crippen LogP contribution in [0.15, 0.2) is 0 Å². The van der Waals surface area contributed by atoms with Crippen LogP contribution < -0.4 is 0 Å². The predicted octanol–water partition coefficient (Wildman–Crippen LogP) is 3.33. The van der Waals surface area contributed by atoms with E-state index in [0.717, 1.165) is 0 Å². The van der Waals surface area contributed by atoms with Gasteiger partial charge in [0.15, 0.2) is 0 Å². The minimum absolute atomic E-state index is 0.582. The number of nitrogens with zero attached hydrogens (tertiary/aromatic N) is 1. The molecule has 0 unspecified atom stereocenters. The molecular formula is C15H31NO3Si. The van der Waals surface area contributed by atoms with Gasteiger partial charge in [-0.15, -0.1) is 0 Å². The first-order valence-corrected chi connectivity index (χ1v) is 9.88. The largest absolute Gasteiger partial charge is 0.599 e. The zero-order valence-electron chi connectivity index (χ0n) is 13.4. The van der Waals surface area contributed by atoms with E-state index in [1.54, 1.807) is 21.3 Å². The molecule has 4 nitrogen and oxygen atoms in total. The van der Waals surface area contributed by atoms with Crippen molar-refractivity contribution in [2.75, 3.05) is 21.3 Å². The Morgan fingerprint density at radius 1 is 0.650 bits per heavy atom. The Balaban J connectivity index is 2.20. The van der Waals surface area contributed by atoms with Crippen molar-refractivity contribution in [3.05, 3.63) is 0 Å². The van der Waals surface area contributed by atoms with Gasteiger partial charge in [0, 0.05) is 33.4 Å². The molecule has 0 heterocycles. The molecule has 20 heavy (non-hydrogen) atoms. The monoisotopic (exact) mass is 301 g/mol. The lowest BCUT2D eigenvalue weighted by Gasteiger charge is -2.47. The van der Waals surface area contributed by atoms with Gasteiger partial charge in [0.05, 0.1) is 0 Å². The molecule has 0 aromatic heterocycles. The Hall–Kier alpha value is 0.0569. The van der Waals surface area contributed by atoms with Crippen molar-refractivity contribution in [3.63, 3.8) is 0 Å². The van der Waals surface area contributed by atoms with E-state index in [1.165, 1.54) is 64.2 Å². The van der Waals surface area contributed by atoms with E-state index in [4.69, 9.17) is 13.3 Å². The van der Waals surface area contributed by atoms with Crippen molar-refractivity contribution in [1.29, 1.82) is 0 Å². The van der Waals surface area contributed by atoms with Crippen molar-refractivity contribution in [2.24, 2.45) is 0 Å². The van der Waals surface area contributed by atoms with Crippen LogP contribution in [-0.2, 0) is 13.3 Å². The highest BCUT2D eigenvalue weighted by molar-refractivity contribution is 6.57. The summed E-state index contributed by atoms with van der Waals surface area (Å²) in [4.78, 5) is 0. The van der Waals surface area contributed by atoms with Gasteiger partial charge in [-0.05, 0) is 25.7 Å². The summed E-state index contributed by atoms with van der Waals surface area (Å²) in [6.07, 6.45) is 13.1. The van der Waals surface area contributed by atoms with E-state index in [2.05, 4.69) is 4.57 Å². The lowest BCUT2D eigenvalue weighted by Crippen LogP contribution is -2.66. The first-order chi connectivity index (χ1) is 9.77. The van der Waals surface area contributed by atoms with Gasteiger partial charge in [0.1, 0.15) is 0 Å². The van der Waals surface area contributed by atoms with Crippen LogP contribution >= 0.6 is 0 Å². The van der Waals surface area contributed by atoms with Crippen molar-refractivity contribution in [2.45, 2.75) is 76.3 Å². The van der Waals surface area contributed by atoms with Gasteiger partial charge in [-0.2, -0.15) is 0 Å². The van der Waals surface area contributed by atoms with Crippen LogP contribution in [0.2, 0.25) is 0 Å². The quantitative estimate of drug-likeness (QED) is 0.704. The summed E-state index contributed by atoms with van der Waals surface area (Å²) in [6.45, 7) is 0. The highest BCUT2D eigenvalue weighted by Gasteiger charge is 2.52. The second-order valence-corrected chi connectivity index (χ2v) is 8.92. The Morgan fingerprint density at radius 2 is 1.00 bits per heavy atom. The number of hydrogen-bond acceptors (Lipinski definition) is 4. The van der Waals surface area contributed by atoms with Crippen LogP contribution in [-0.4, -0.2) is 46.9 Å². The van der Waals surface area contributed by atoms with E-state index in [-0.39, 0.29) is 0 Å². The fourth-order valence-electron chi connectivity index (χ4n) is 4.03. The Labute approximate surface area is 125 Å². The molecule has 0 saturated heterocycles. The first-order valence-electron chi connectivity index (χ1n) is 8.21. The standard InChI is InChI=1S/C15H31NO3Si/c1-17-20(18-2,19-3)16(14-10-6-4-7-11-14)15-12-8-5-9-13-15/h14-15H,4-13H2,1-3H3. The van der Waals surface area contributed by atoms with Crippen LogP contribution in [0.5, 0.6) is 0 Å².